The van der Waals surface area contributed by atoms with Gasteiger partial charge < -0.3 is 0 Å². The first-order valence-electron chi connectivity index (χ1n) is 9.76. The van der Waals surface area contributed by atoms with Crippen molar-refractivity contribution < 1.29 is 32.5 Å². The van der Waals surface area contributed by atoms with Crippen molar-refractivity contribution in [3.05, 3.63) is 77.4 Å². The molecule has 2 aliphatic carbocycles. The van der Waals surface area contributed by atoms with E-state index in [0.717, 1.165) is 4.21 Å². The van der Waals surface area contributed by atoms with Gasteiger partial charge in [0.15, 0.2) is 0 Å². The predicted octanol–water partition coefficient (Wildman–Crippen LogP) is 6.25. The van der Waals surface area contributed by atoms with Crippen LogP contribution in [0.1, 0.15) is 72.3 Å². The van der Waals surface area contributed by atoms with Gasteiger partial charge in [-0.25, -0.2) is 0 Å². The summed E-state index contributed by atoms with van der Waals surface area (Å²) in [5.41, 5.74) is 7.07. The molecule has 0 amide bonds. The summed E-state index contributed by atoms with van der Waals surface area (Å²) >= 11 is 2.30. The molecule has 1 radical (unpaired) electrons. The second-order valence-electron chi connectivity index (χ2n) is 7.14. The third-order valence-corrected chi connectivity index (χ3v) is 6.39. The molecule has 0 spiro atoms. The Hall–Kier alpha value is -1.34. The van der Waals surface area contributed by atoms with Crippen LogP contribution in [-0.4, -0.2) is 10.3 Å². The zero-order valence-corrected chi connectivity index (χ0v) is 20.0. The first kappa shape index (κ1) is 27.7. The van der Waals surface area contributed by atoms with Crippen molar-refractivity contribution >= 4 is 4.21 Å². The van der Waals surface area contributed by atoms with Crippen molar-refractivity contribution in [2.75, 3.05) is 0 Å². The van der Waals surface area contributed by atoms with Gasteiger partial charge in [0.05, 0.1) is 0 Å². The molecule has 3 rings (SSSR count). The molecule has 0 unspecified atom stereocenters. The van der Waals surface area contributed by atoms with Crippen LogP contribution in [0.4, 0.5) is 0 Å². The number of benzene rings is 1. The van der Waals surface area contributed by atoms with Crippen molar-refractivity contribution in [1.29, 1.82) is 0 Å². The van der Waals surface area contributed by atoms with Gasteiger partial charge in [0.25, 0.3) is 0 Å². The zero-order chi connectivity index (χ0) is 22.4. The predicted molar refractivity (Wildman–Crippen MR) is 112 cm³/mol. The summed E-state index contributed by atoms with van der Waals surface area (Å²) in [7, 11) is 0. The van der Waals surface area contributed by atoms with Crippen molar-refractivity contribution in [3.63, 3.8) is 0 Å². The number of hydrogen-bond donors (Lipinski definition) is 0. The van der Waals surface area contributed by atoms with Gasteiger partial charge in [0.1, 0.15) is 0 Å². The summed E-state index contributed by atoms with van der Waals surface area (Å²) < 4.78 is 22.0. The van der Waals surface area contributed by atoms with Crippen LogP contribution in [0.25, 0.3) is 0 Å². The van der Waals surface area contributed by atoms with Gasteiger partial charge in [-0.1, -0.05) is 18.1 Å². The quantitative estimate of drug-likeness (QED) is 0.375. The van der Waals surface area contributed by atoms with Crippen molar-refractivity contribution in [2.45, 2.75) is 72.8 Å². The van der Waals surface area contributed by atoms with Crippen LogP contribution in [0.15, 0.2) is 52.6 Å². The van der Waals surface area contributed by atoms with Crippen molar-refractivity contribution in [3.8, 4) is 0 Å². The molecule has 0 aliphatic heterocycles. The Balaban J connectivity index is 0.000000488. The van der Waals surface area contributed by atoms with Gasteiger partial charge in [-0.15, -0.1) is 0 Å². The van der Waals surface area contributed by atoms with E-state index in [1.165, 1.54) is 65.9 Å². The first-order chi connectivity index (χ1) is 13.9. The fourth-order valence-corrected chi connectivity index (χ4v) is 3.99. The van der Waals surface area contributed by atoms with Gasteiger partial charge in [0.2, 0.25) is 0 Å². The van der Waals surface area contributed by atoms with Crippen molar-refractivity contribution in [2.24, 2.45) is 0 Å². The molecule has 0 saturated heterocycles. The SMILES string of the molecule is C[C]1C(C)=C(C)C(C)=C1C.[C-]#[O+].[C-]#[O+].[Tc]=[C](OC1CCCCC1)c1ccccc1. The van der Waals surface area contributed by atoms with Crippen LogP contribution in [0, 0.1) is 19.2 Å². The monoisotopic (exact) mass is 476 g/mol. The number of allylic oxidation sites excluding steroid dienone is 4. The zero-order valence-electron chi connectivity index (χ0n) is 18.1. The van der Waals surface area contributed by atoms with Gasteiger partial charge in [-0.2, -0.15) is 0 Å². The summed E-state index contributed by atoms with van der Waals surface area (Å²) in [6.45, 7) is 20.0. The van der Waals surface area contributed by atoms with Gasteiger partial charge >= 0.3 is 124 Å². The molecular weight excluding hydrogens is 446 g/mol. The molecule has 3 nitrogen and oxygen atoms in total. The second kappa shape index (κ2) is 15.5. The molecule has 156 valence electrons. The average molecular weight is 478 g/mol. The maximum atomic E-state index is 7.50. The van der Waals surface area contributed by atoms with Gasteiger partial charge in [-0.05, 0) is 38.8 Å². The Kier molecular flexibility index (Phi) is 14.8. The van der Waals surface area contributed by atoms with E-state index in [0.29, 0.717) is 6.10 Å². The third kappa shape index (κ3) is 8.91. The minimum atomic E-state index is 0.450. The molecule has 0 bridgehead atoms. The second-order valence-corrected chi connectivity index (χ2v) is 7.99. The van der Waals surface area contributed by atoms with E-state index in [4.69, 9.17) is 14.0 Å². The van der Waals surface area contributed by atoms with E-state index < -0.39 is 0 Å². The normalized spacial score (nSPS) is 16.6. The van der Waals surface area contributed by atoms with Crippen LogP contribution < -0.4 is 0 Å². The third-order valence-electron chi connectivity index (χ3n) is 5.64. The molecule has 1 saturated carbocycles. The van der Waals surface area contributed by atoms with Crippen LogP contribution in [0.3, 0.4) is 0 Å². The first-order valence-corrected chi connectivity index (χ1v) is 10.7. The molecule has 0 heterocycles. The molecule has 0 N–H and O–H groups in total. The Morgan fingerprint density at radius 3 is 1.62 bits per heavy atom. The summed E-state index contributed by atoms with van der Waals surface area (Å²) in [5, 5.41) is 0. The van der Waals surface area contributed by atoms with Crippen LogP contribution in [0.5, 0.6) is 0 Å². The Bertz CT molecular complexity index is 705. The van der Waals surface area contributed by atoms with Gasteiger partial charge in [-0.3, -0.25) is 0 Å². The summed E-state index contributed by atoms with van der Waals surface area (Å²) in [6, 6.07) is 10.3. The Labute approximate surface area is 186 Å². The van der Waals surface area contributed by atoms with E-state index >= 15 is 0 Å². The molecule has 0 atom stereocenters. The fraction of sp³-hybridized carbons (Fsp3) is 0.440. The van der Waals surface area contributed by atoms with Crippen LogP contribution >= 0.6 is 0 Å². The Morgan fingerprint density at radius 2 is 1.24 bits per heavy atom. The average Bonchev–Trinajstić information content (AvgIpc) is 2.96. The molecule has 1 aromatic carbocycles. The molecule has 0 aromatic heterocycles. The topological polar surface area (TPSA) is 49.0 Å². The van der Waals surface area contributed by atoms with Crippen LogP contribution in [0.2, 0.25) is 0 Å². The minimum absolute atomic E-state index is 0.450. The summed E-state index contributed by atoms with van der Waals surface area (Å²) in [4.78, 5) is 0. The Morgan fingerprint density at radius 1 is 0.793 bits per heavy atom. The van der Waals surface area contributed by atoms with E-state index in [2.05, 4.69) is 90.6 Å². The van der Waals surface area contributed by atoms with Gasteiger partial charge in [0, 0.05) is 5.92 Å². The van der Waals surface area contributed by atoms with Crippen molar-refractivity contribution in [1.82, 2.24) is 0 Å². The molecule has 1 fully saturated rings. The fourth-order valence-electron chi connectivity index (χ4n) is 3.37. The molecular formula is C25H31O3Tc. The summed E-state index contributed by atoms with van der Waals surface area (Å²) in [5.74, 6) is 1.47. The molecule has 1 aromatic rings. The van der Waals surface area contributed by atoms with E-state index in [-0.39, 0.29) is 0 Å². The summed E-state index contributed by atoms with van der Waals surface area (Å²) in [6.07, 6.45) is 6.92. The number of rotatable bonds is 3. The number of hydrogen-bond acceptors (Lipinski definition) is 1. The maximum absolute atomic E-state index is 7.50. The molecule has 4 heteroatoms. The van der Waals surface area contributed by atoms with E-state index in [1.807, 2.05) is 6.07 Å². The molecule has 2 aliphatic rings. The number of ether oxygens (including phenoxy) is 1. The molecule has 29 heavy (non-hydrogen) atoms. The van der Waals surface area contributed by atoms with Crippen LogP contribution in [-0.2, 0) is 32.5 Å². The standard InChI is InChI=1S/C13H16O.C10H15.2CO.Tc/c1-3-7-12(8-4-1)11-14-13-9-5-2-6-10-13;1-6-7(2)9(4)10(5)8(6)3;2*1-2;/h1,3-4,7-8,13H,2,5-6,9-10H2;1-5H3;;;. The van der Waals surface area contributed by atoms with E-state index in [1.54, 1.807) is 0 Å². The van der Waals surface area contributed by atoms with E-state index in [9.17, 15) is 0 Å².